The lowest BCUT2D eigenvalue weighted by Gasteiger charge is -2.33. The van der Waals surface area contributed by atoms with Gasteiger partial charge in [0, 0.05) is 38.1 Å². The van der Waals surface area contributed by atoms with Gasteiger partial charge in [-0.2, -0.15) is 0 Å². The summed E-state index contributed by atoms with van der Waals surface area (Å²) in [5, 5.41) is 20.4. The molecule has 0 radical (unpaired) electrons. The highest BCUT2D eigenvalue weighted by Gasteiger charge is 2.25. The predicted molar refractivity (Wildman–Crippen MR) is 117 cm³/mol. The minimum atomic E-state index is -0.161. The van der Waals surface area contributed by atoms with Crippen molar-refractivity contribution in [3.8, 4) is 0 Å². The summed E-state index contributed by atoms with van der Waals surface area (Å²) in [5.41, 5.74) is 0. The van der Waals surface area contributed by atoms with Crippen LogP contribution in [0.3, 0.4) is 0 Å². The van der Waals surface area contributed by atoms with Gasteiger partial charge >= 0.3 is 0 Å². The zero-order chi connectivity index (χ0) is 16.8. The predicted octanol–water partition coefficient (Wildman–Crippen LogP) is 3.05. The molecular formula is C18H31IN4OS. The van der Waals surface area contributed by atoms with Gasteiger partial charge in [-0.25, -0.2) is 0 Å². The number of hydrogen-bond donors (Lipinski definition) is 3. The Kier molecular flexibility index (Phi) is 8.78. The van der Waals surface area contributed by atoms with Gasteiger partial charge in [-0.15, -0.1) is 35.3 Å². The lowest BCUT2D eigenvalue weighted by atomic mass is 10.1. The van der Waals surface area contributed by atoms with Crippen molar-refractivity contribution in [2.75, 3.05) is 31.1 Å². The molecule has 1 saturated heterocycles. The SMILES string of the molecule is CCNC(=NCC1CCCC1O)NC1CCN(c2cccs2)CC1.I. The third-order valence-electron chi connectivity index (χ3n) is 5.10. The molecule has 2 heterocycles. The van der Waals surface area contributed by atoms with Crippen LogP contribution in [0.2, 0.25) is 0 Å². The van der Waals surface area contributed by atoms with Gasteiger partial charge in [0.2, 0.25) is 0 Å². The van der Waals surface area contributed by atoms with Crippen molar-refractivity contribution in [1.29, 1.82) is 0 Å². The molecule has 1 saturated carbocycles. The Bertz CT molecular complexity index is 517. The van der Waals surface area contributed by atoms with Crippen LogP contribution in [0.15, 0.2) is 22.5 Å². The van der Waals surface area contributed by atoms with E-state index in [2.05, 4.69) is 40.0 Å². The van der Waals surface area contributed by atoms with Crippen molar-refractivity contribution >= 4 is 46.3 Å². The fraction of sp³-hybridized carbons (Fsp3) is 0.722. The smallest absolute Gasteiger partial charge is 0.191 e. The van der Waals surface area contributed by atoms with Gasteiger partial charge in [0.25, 0.3) is 0 Å². The molecule has 1 aromatic heterocycles. The molecular weight excluding hydrogens is 447 g/mol. The van der Waals surface area contributed by atoms with Gasteiger partial charge < -0.3 is 20.6 Å². The normalized spacial score (nSPS) is 24.9. The first-order valence-corrected chi connectivity index (χ1v) is 10.2. The summed E-state index contributed by atoms with van der Waals surface area (Å²) in [4.78, 5) is 7.21. The molecule has 7 heteroatoms. The number of aliphatic imine (C=N–C) groups is 1. The number of nitrogens with zero attached hydrogens (tertiary/aromatic N) is 2. The number of anilines is 1. The summed E-state index contributed by atoms with van der Waals surface area (Å²) in [6, 6.07) is 4.81. The molecule has 2 aliphatic rings. The lowest BCUT2D eigenvalue weighted by Crippen LogP contribution is -2.48. The first kappa shape index (κ1) is 20.8. The maximum Gasteiger partial charge on any atom is 0.191 e. The molecule has 3 N–H and O–H groups in total. The summed E-state index contributed by atoms with van der Waals surface area (Å²) >= 11 is 1.82. The average Bonchev–Trinajstić information content (AvgIpc) is 3.25. The van der Waals surface area contributed by atoms with Crippen molar-refractivity contribution in [2.24, 2.45) is 10.9 Å². The Hall–Kier alpha value is -0.540. The molecule has 3 rings (SSSR count). The van der Waals surface area contributed by atoms with Crippen LogP contribution in [0.5, 0.6) is 0 Å². The quantitative estimate of drug-likeness (QED) is 0.346. The first-order chi connectivity index (χ1) is 11.8. The van der Waals surface area contributed by atoms with Crippen LogP contribution in [0.25, 0.3) is 0 Å². The number of hydrogen-bond acceptors (Lipinski definition) is 4. The van der Waals surface area contributed by atoms with Crippen molar-refractivity contribution in [2.45, 2.75) is 51.2 Å². The van der Waals surface area contributed by atoms with E-state index in [1.807, 2.05) is 11.3 Å². The summed E-state index contributed by atoms with van der Waals surface area (Å²) in [6.07, 6.45) is 5.27. The van der Waals surface area contributed by atoms with E-state index < -0.39 is 0 Å². The fourth-order valence-electron chi connectivity index (χ4n) is 3.65. The zero-order valence-corrected chi connectivity index (χ0v) is 18.1. The van der Waals surface area contributed by atoms with E-state index in [9.17, 15) is 5.11 Å². The van der Waals surface area contributed by atoms with E-state index >= 15 is 0 Å². The van der Waals surface area contributed by atoms with Crippen LogP contribution in [0, 0.1) is 5.92 Å². The summed E-state index contributed by atoms with van der Waals surface area (Å²) in [5.74, 6) is 1.24. The molecule has 1 aromatic rings. The van der Waals surface area contributed by atoms with Gasteiger partial charge in [-0.3, -0.25) is 4.99 Å². The molecule has 2 fully saturated rings. The summed E-state index contributed by atoms with van der Waals surface area (Å²) in [6.45, 7) is 5.89. The van der Waals surface area contributed by atoms with E-state index in [4.69, 9.17) is 4.99 Å². The van der Waals surface area contributed by atoms with Gasteiger partial charge in [-0.05, 0) is 50.1 Å². The van der Waals surface area contributed by atoms with Crippen molar-refractivity contribution in [1.82, 2.24) is 10.6 Å². The van der Waals surface area contributed by atoms with Crippen molar-refractivity contribution < 1.29 is 5.11 Å². The van der Waals surface area contributed by atoms with Crippen molar-refractivity contribution in [3.63, 3.8) is 0 Å². The fourth-order valence-corrected chi connectivity index (χ4v) is 4.43. The largest absolute Gasteiger partial charge is 0.393 e. The minimum Gasteiger partial charge on any atom is -0.393 e. The van der Waals surface area contributed by atoms with E-state index in [0.29, 0.717) is 12.0 Å². The Morgan fingerprint density at radius 2 is 2.12 bits per heavy atom. The molecule has 0 aromatic carbocycles. The van der Waals surface area contributed by atoms with Gasteiger partial charge in [-0.1, -0.05) is 6.42 Å². The van der Waals surface area contributed by atoms with Crippen molar-refractivity contribution in [3.05, 3.63) is 17.5 Å². The topological polar surface area (TPSA) is 59.9 Å². The Morgan fingerprint density at radius 3 is 2.72 bits per heavy atom. The number of rotatable bonds is 5. The number of halogens is 1. The van der Waals surface area contributed by atoms with E-state index in [0.717, 1.165) is 64.2 Å². The van der Waals surface area contributed by atoms with Crippen LogP contribution < -0.4 is 15.5 Å². The van der Waals surface area contributed by atoms with Gasteiger partial charge in [0.15, 0.2) is 5.96 Å². The summed E-state index contributed by atoms with van der Waals surface area (Å²) < 4.78 is 0. The van der Waals surface area contributed by atoms with E-state index in [-0.39, 0.29) is 30.1 Å². The number of piperidine rings is 1. The summed E-state index contributed by atoms with van der Waals surface area (Å²) in [7, 11) is 0. The molecule has 0 spiro atoms. The molecule has 0 amide bonds. The molecule has 2 unspecified atom stereocenters. The Morgan fingerprint density at radius 1 is 1.32 bits per heavy atom. The second kappa shape index (κ2) is 10.6. The highest BCUT2D eigenvalue weighted by atomic mass is 127. The third-order valence-corrected chi connectivity index (χ3v) is 6.03. The molecule has 25 heavy (non-hydrogen) atoms. The van der Waals surface area contributed by atoms with Crippen LogP contribution in [-0.4, -0.2) is 49.4 Å². The number of nitrogens with one attached hydrogen (secondary N) is 2. The molecule has 0 bridgehead atoms. The maximum atomic E-state index is 9.96. The number of guanidine groups is 1. The number of thiophene rings is 1. The standard InChI is InChI=1S/C18H30N4OS.HI/c1-2-19-18(20-13-14-5-3-6-16(14)23)21-15-8-10-22(11-9-15)17-7-4-12-24-17;/h4,7,12,14-16,23H,2-3,5-6,8-11,13H2,1H3,(H2,19,20,21);1H. The molecule has 1 aliphatic heterocycles. The van der Waals surface area contributed by atoms with Crippen LogP contribution in [0.4, 0.5) is 5.00 Å². The lowest BCUT2D eigenvalue weighted by molar-refractivity contribution is 0.136. The minimum absolute atomic E-state index is 0. The average molecular weight is 478 g/mol. The van der Waals surface area contributed by atoms with Crippen LogP contribution in [0.1, 0.15) is 39.0 Å². The number of aliphatic hydroxyl groups is 1. The first-order valence-electron chi connectivity index (χ1n) is 9.27. The van der Waals surface area contributed by atoms with Crippen LogP contribution in [-0.2, 0) is 0 Å². The molecule has 142 valence electrons. The zero-order valence-electron chi connectivity index (χ0n) is 15.0. The van der Waals surface area contributed by atoms with Crippen LogP contribution >= 0.6 is 35.3 Å². The second-order valence-electron chi connectivity index (χ2n) is 6.83. The molecule has 2 atom stereocenters. The molecule has 5 nitrogen and oxygen atoms in total. The van der Waals surface area contributed by atoms with Gasteiger partial charge in [0.1, 0.15) is 0 Å². The highest BCUT2D eigenvalue weighted by Crippen LogP contribution is 2.26. The highest BCUT2D eigenvalue weighted by molar-refractivity contribution is 14.0. The van der Waals surface area contributed by atoms with E-state index in [1.165, 1.54) is 5.00 Å². The number of aliphatic hydroxyl groups excluding tert-OH is 1. The van der Waals surface area contributed by atoms with Gasteiger partial charge in [0.05, 0.1) is 11.1 Å². The Labute approximate surface area is 172 Å². The Balaban J connectivity index is 0.00000225. The maximum absolute atomic E-state index is 9.96. The van der Waals surface area contributed by atoms with E-state index in [1.54, 1.807) is 0 Å². The third kappa shape index (κ3) is 5.99. The monoisotopic (exact) mass is 478 g/mol. The second-order valence-corrected chi connectivity index (χ2v) is 7.76. The molecule has 1 aliphatic carbocycles.